The van der Waals surface area contributed by atoms with Crippen molar-refractivity contribution in [1.29, 1.82) is 0 Å². The van der Waals surface area contributed by atoms with Gasteiger partial charge in [-0.2, -0.15) is 0 Å². The Morgan fingerprint density at radius 3 is 2.71 bits per heavy atom. The van der Waals surface area contributed by atoms with E-state index in [1.165, 1.54) is 36.8 Å². The predicted octanol–water partition coefficient (Wildman–Crippen LogP) is 1.25. The van der Waals surface area contributed by atoms with E-state index in [0.29, 0.717) is 43.5 Å². The lowest BCUT2D eigenvalue weighted by Crippen LogP contribution is -2.38. The second-order valence-electron chi connectivity index (χ2n) is 7.03. The fourth-order valence-corrected chi connectivity index (χ4v) is 3.33. The minimum atomic E-state index is -0.554. The number of amides is 1. The molecule has 1 saturated heterocycles. The summed E-state index contributed by atoms with van der Waals surface area (Å²) in [5.41, 5.74) is 1.04. The second-order valence-corrected chi connectivity index (χ2v) is 7.03. The van der Waals surface area contributed by atoms with Gasteiger partial charge in [-0.25, -0.2) is 14.4 Å². The summed E-state index contributed by atoms with van der Waals surface area (Å²) in [7, 11) is 0. The molecule has 0 bridgehead atoms. The van der Waals surface area contributed by atoms with Crippen LogP contribution in [0.25, 0.3) is 0 Å². The number of hydrogen-bond acceptors (Lipinski definition) is 7. The van der Waals surface area contributed by atoms with Gasteiger partial charge in [0, 0.05) is 38.0 Å². The van der Waals surface area contributed by atoms with Gasteiger partial charge in [-0.1, -0.05) is 12.1 Å². The Labute approximate surface area is 177 Å². The third kappa shape index (κ3) is 5.28. The van der Waals surface area contributed by atoms with Crippen LogP contribution in [0.3, 0.4) is 0 Å². The number of ether oxygens (including phenoxy) is 1. The summed E-state index contributed by atoms with van der Waals surface area (Å²) in [5.74, 6) is -0.351. The summed E-state index contributed by atoms with van der Waals surface area (Å²) in [5, 5.41) is 2.89. The molecule has 1 fully saturated rings. The largest absolute Gasteiger partial charge is 0.378 e. The number of aromatic nitrogens is 4. The first-order valence-electron chi connectivity index (χ1n) is 9.84. The van der Waals surface area contributed by atoms with Crippen molar-refractivity contribution in [3.63, 3.8) is 0 Å². The highest BCUT2D eigenvalue weighted by molar-refractivity contribution is 5.92. The molecule has 3 aromatic rings. The van der Waals surface area contributed by atoms with Crippen LogP contribution in [0.2, 0.25) is 0 Å². The zero-order chi connectivity index (χ0) is 21.6. The molecule has 1 amide bonds. The molecule has 4 rings (SSSR count). The number of H-pyrrole nitrogens is 1. The first kappa shape index (κ1) is 20.6. The number of nitrogens with one attached hydrogen (secondary N) is 2. The molecule has 2 aromatic heterocycles. The van der Waals surface area contributed by atoms with Crippen molar-refractivity contribution < 1.29 is 13.9 Å². The monoisotopic (exact) mass is 424 g/mol. The first-order valence-corrected chi connectivity index (χ1v) is 9.84. The average molecular weight is 424 g/mol. The number of hydrogen-bond donors (Lipinski definition) is 2. The van der Waals surface area contributed by atoms with Gasteiger partial charge in [0.15, 0.2) is 0 Å². The lowest BCUT2D eigenvalue weighted by molar-refractivity contribution is 0.0930. The Kier molecular flexibility index (Phi) is 6.27. The number of benzene rings is 1. The lowest BCUT2D eigenvalue weighted by Gasteiger charge is -2.27. The van der Waals surface area contributed by atoms with E-state index in [2.05, 4.69) is 25.3 Å². The van der Waals surface area contributed by atoms with Gasteiger partial charge in [-0.15, -0.1) is 0 Å². The number of morpholine rings is 1. The zero-order valence-corrected chi connectivity index (χ0v) is 16.6. The average Bonchev–Trinajstić information content (AvgIpc) is 2.80. The maximum absolute atomic E-state index is 13.4. The predicted molar refractivity (Wildman–Crippen MR) is 110 cm³/mol. The van der Waals surface area contributed by atoms with Gasteiger partial charge in [0.2, 0.25) is 5.95 Å². The highest BCUT2D eigenvalue weighted by Crippen LogP contribution is 2.19. The van der Waals surface area contributed by atoms with Gasteiger partial charge in [0.05, 0.1) is 31.1 Å². The van der Waals surface area contributed by atoms with Crippen molar-refractivity contribution in [2.24, 2.45) is 0 Å². The van der Waals surface area contributed by atoms with E-state index in [9.17, 15) is 14.0 Å². The van der Waals surface area contributed by atoms with Gasteiger partial charge in [0.25, 0.3) is 11.5 Å². The van der Waals surface area contributed by atoms with E-state index < -0.39 is 11.9 Å². The van der Waals surface area contributed by atoms with Gasteiger partial charge < -0.3 is 15.0 Å². The van der Waals surface area contributed by atoms with E-state index in [-0.39, 0.29) is 23.5 Å². The summed E-state index contributed by atoms with van der Waals surface area (Å²) >= 11 is 0. The van der Waals surface area contributed by atoms with Crippen molar-refractivity contribution in [2.45, 2.75) is 12.5 Å². The van der Waals surface area contributed by atoms with Gasteiger partial charge >= 0.3 is 0 Å². The zero-order valence-electron chi connectivity index (χ0n) is 16.6. The second kappa shape index (κ2) is 9.43. The van der Waals surface area contributed by atoms with Gasteiger partial charge in [0.1, 0.15) is 11.5 Å². The molecule has 0 saturated carbocycles. The molecular formula is C21H21FN6O3. The summed E-state index contributed by atoms with van der Waals surface area (Å²) in [6, 6.07) is 6.67. The van der Waals surface area contributed by atoms with Crippen LogP contribution in [-0.2, 0) is 11.2 Å². The van der Waals surface area contributed by atoms with Crippen molar-refractivity contribution in [3.05, 3.63) is 82.0 Å². The van der Waals surface area contributed by atoms with Crippen LogP contribution < -0.4 is 15.8 Å². The summed E-state index contributed by atoms with van der Waals surface area (Å²) < 4.78 is 18.8. The lowest BCUT2D eigenvalue weighted by atomic mass is 10.0. The number of aromatic amines is 1. The number of carbonyl (C=O) groups is 1. The van der Waals surface area contributed by atoms with E-state index in [4.69, 9.17) is 4.74 Å². The molecule has 3 heterocycles. The number of halogens is 1. The Balaban J connectivity index is 1.61. The molecule has 0 aliphatic carbocycles. The molecule has 1 aliphatic heterocycles. The molecule has 0 unspecified atom stereocenters. The molecule has 1 aliphatic rings. The molecule has 10 heteroatoms. The first-order chi connectivity index (χ1) is 15.1. The van der Waals surface area contributed by atoms with E-state index in [1.807, 2.05) is 4.90 Å². The fraction of sp³-hybridized carbons (Fsp3) is 0.286. The molecule has 9 nitrogen and oxygen atoms in total. The third-order valence-electron chi connectivity index (χ3n) is 4.88. The Morgan fingerprint density at radius 2 is 2.00 bits per heavy atom. The Bertz CT molecular complexity index is 1080. The molecule has 160 valence electrons. The molecule has 31 heavy (non-hydrogen) atoms. The quantitative estimate of drug-likeness (QED) is 0.612. The van der Waals surface area contributed by atoms with Crippen LogP contribution in [0.5, 0.6) is 0 Å². The van der Waals surface area contributed by atoms with Crippen LogP contribution in [-0.4, -0.2) is 52.1 Å². The minimum Gasteiger partial charge on any atom is -0.378 e. The van der Waals surface area contributed by atoms with Crippen LogP contribution >= 0.6 is 0 Å². The third-order valence-corrected chi connectivity index (χ3v) is 4.88. The molecule has 1 aromatic carbocycles. The normalized spacial score (nSPS) is 14.8. The number of nitrogens with zero attached hydrogens (tertiary/aromatic N) is 4. The molecule has 1 atom stereocenters. The summed E-state index contributed by atoms with van der Waals surface area (Å²) in [4.78, 5) is 42.1. The topological polar surface area (TPSA) is 113 Å². The van der Waals surface area contributed by atoms with Crippen molar-refractivity contribution in [1.82, 2.24) is 25.3 Å². The van der Waals surface area contributed by atoms with Gasteiger partial charge in [-0.3, -0.25) is 19.6 Å². The summed E-state index contributed by atoms with van der Waals surface area (Å²) in [6.07, 6.45) is 4.49. The maximum Gasteiger partial charge on any atom is 0.271 e. The molecule has 0 radical (unpaired) electrons. The summed E-state index contributed by atoms with van der Waals surface area (Å²) in [6.45, 7) is 2.36. The Morgan fingerprint density at radius 1 is 1.23 bits per heavy atom. The van der Waals surface area contributed by atoms with Crippen LogP contribution in [0, 0.1) is 5.82 Å². The highest BCUT2D eigenvalue weighted by atomic mass is 19.1. The van der Waals surface area contributed by atoms with Crippen molar-refractivity contribution in [2.75, 3.05) is 31.2 Å². The molecular weight excluding hydrogens is 403 g/mol. The SMILES string of the molecule is O=C(N[C@@H](Cc1cc(=O)[nH]c(N2CCOCC2)n1)c1ccc(F)cc1)c1cnccn1. The van der Waals surface area contributed by atoms with Crippen molar-refractivity contribution >= 4 is 11.9 Å². The standard InChI is InChI=1S/C21H21FN6O3/c22-15-3-1-14(2-4-15)17(26-20(30)18-13-23-5-6-24-18)11-16-12-19(29)27-21(25-16)28-7-9-31-10-8-28/h1-6,12-13,17H,7-11H2,(H,26,30)(H,25,27,29)/t17-/m0/s1. The smallest absolute Gasteiger partial charge is 0.271 e. The van der Waals surface area contributed by atoms with Crippen LogP contribution in [0.15, 0.2) is 53.7 Å². The molecule has 0 spiro atoms. The minimum absolute atomic E-state index is 0.155. The Hall–Kier alpha value is -3.66. The fourth-order valence-electron chi connectivity index (χ4n) is 3.33. The van der Waals surface area contributed by atoms with Crippen LogP contribution in [0.1, 0.15) is 27.8 Å². The van der Waals surface area contributed by atoms with Crippen molar-refractivity contribution in [3.8, 4) is 0 Å². The number of carbonyl (C=O) groups excluding carboxylic acids is 1. The molecule has 2 N–H and O–H groups in total. The van der Waals surface area contributed by atoms with E-state index in [0.717, 1.165) is 0 Å². The maximum atomic E-state index is 13.4. The van der Waals surface area contributed by atoms with Gasteiger partial charge in [-0.05, 0) is 17.7 Å². The van der Waals surface area contributed by atoms with Crippen LogP contribution in [0.4, 0.5) is 10.3 Å². The number of anilines is 1. The highest BCUT2D eigenvalue weighted by Gasteiger charge is 2.20. The van der Waals surface area contributed by atoms with E-state index >= 15 is 0 Å². The number of rotatable bonds is 6. The van der Waals surface area contributed by atoms with E-state index in [1.54, 1.807) is 12.1 Å².